The summed E-state index contributed by atoms with van der Waals surface area (Å²) in [6, 6.07) is 3.90. The van der Waals surface area contributed by atoms with Gasteiger partial charge in [0.2, 0.25) is 0 Å². The second-order valence-electron chi connectivity index (χ2n) is 7.34. The third kappa shape index (κ3) is 6.28. The highest BCUT2D eigenvalue weighted by Gasteiger charge is 2.26. The number of hydrogen-bond donors (Lipinski definition) is 3. The van der Waals surface area contributed by atoms with E-state index in [2.05, 4.69) is 5.32 Å². The fourth-order valence-electron chi connectivity index (χ4n) is 3.08. The van der Waals surface area contributed by atoms with Crippen LogP contribution in [0.1, 0.15) is 31.9 Å². The van der Waals surface area contributed by atoms with Gasteiger partial charge in [0.25, 0.3) is 0 Å². The topological polar surface area (TPSA) is 114 Å². The molecular formula is C20H26FN3O5. The standard InChI is InChI=1S/C20H26FN3O5/c1-13(2)10-16(18(25)26)22-12-17(19(27)28)24-9-8-23(20(24)29)7-6-14-4-3-5-15(21)11-14/h3-5,8-9,11,13,16-17,22H,6-7,10,12H2,1-2H3,(H,25,26)(H,27,28). The molecular weight excluding hydrogens is 381 g/mol. The summed E-state index contributed by atoms with van der Waals surface area (Å²) < 4.78 is 15.7. The summed E-state index contributed by atoms with van der Waals surface area (Å²) in [5.74, 6) is -2.56. The van der Waals surface area contributed by atoms with Crippen molar-refractivity contribution >= 4 is 11.9 Å². The van der Waals surface area contributed by atoms with Gasteiger partial charge in [-0.05, 0) is 36.5 Å². The van der Waals surface area contributed by atoms with E-state index in [1.807, 2.05) is 13.8 Å². The SMILES string of the molecule is CC(C)CC(NCC(C(=O)O)n1ccn(CCc2cccc(F)c2)c1=O)C(=O)O. The van der Waals surface area contributed by atoms with Gasteiger partial charge in [0.15, 0.2) is 0 Å². The van der Waals surface area contributed by atoms with Gasteiger partial charge in [-0.25, -0.2) is 14.0 Å². The van der Waals surface area contributed by atoms with Gasteiger partial charge in [-0.2, -0.15) is 0 Å². The van der Waals surface area contributed by atoms with E-state index < -0.39 is 29.7 Å². The zero-order valence-corrected chi connectivity index (χ0v) is 16.4. The first-order chi connectivity index (χ1) is 13.7. The minimum Gasteiger partial charge on any atom is -0.480 e. The van der Waals surface area contributed by atoms with Crippen LogP contribution in [0.25, 0.3) is 0 Å². The molecule has 0 aliphatic rings. The molecule has 1 heterocycles. The van der Waals surface area contributed by atoms with Gasteiger partial charge in [-0.15, -0.1) is 0 Å². The van der Waals surface area contributed by atoms with Gasteiger partial charge >= 0.3 is 17.6 Å². The molecule has 0 saturated carbocycles. The number of aromatic nitrogens is 2. The van der Waals surface area contributed by atoms with Crippen molar-refractivity contribution in [3.8, 4) is 0 Å². The van der Waals surface area contributed by atoms with E-state index in [0.717, 1.165) is 10.1 Å². The summed E-state index contributed by atoms with van der Waals surface area (Å²) in [4.78, 5) is 35.6. The molecule has 2 rings (SSSR count). The lowest BCUT2D eigenvalue weighted by Crippen LogP contribution is -2.44. The van der Waals surface area contributed by atoms with Crippen molar-refractivity contribution in [2.45, 2.75) is 45.3 Å². The third-order valence-corrected chi connectivity index (χ3v) is 4.59. The van der Waals surface area contributed by atoms with Crippen LogP contribution in [0.4, 0.5) is 4.39 Å². The van der Waals surface area contributed by atoms with E-state index >= 15 is 0 Å². The first-order valence-corrected chi connectivity index (χ1v) is 9.39. The van der Waals surface area contributed by atoms with Gasteiger partial charge in [0, 0.05) is 25.5 Å². The summed E-state index contributed by atoms with van der Waals surface area (Å²) in [6.07, 6.45) is 3.59. The van der Waals surface area contributed by atoms with E-state index in [1.54, 1.807) is 12.1 Å². The van der Waals surface area contributed by atoms with Crippen LogP contribution in [0.5, 0.6) is 0 Å². The molecule has 1 aromatic carbocycles. The lowest BCUT2D eigenvalue weighted by atomic mass is 10.0. The summed E-state index contributed by atoms with van der Waals surface area (Å²) in [5, 5.41) is 21.6. The Morgan fingerprint density at radius 3 is 2.48 bits per heavy atom. The molecule has 29 heavy (non-hydrogen) atoms. The number of carbonyl (C=O) groups is 2. The van der Waals surface area contributed by atoms with Crippen LogP contribution in [0.15, 0.2) is 41.5 Å². The van der Waals surface area contributed by atoms with Crippen molar-refractivity contribution in [3.63, 3.8) is 0 Å². The van der Waals surface area contributed by atoms with Gasteiger partial charge < -0.3 is 15.5 Å². The van der Waals surface area contributed by atoms with Crippen molar-refractivity contribution in [1.29, 1.82) is 0 Å². The first-order valence-electron chi connectivity index (χ1n) is 9.39. The number of benzene rings is 1. The van der Waals surface area contributed by atoms with Crippen LogP contribution in [0.3, 0.4) is 0 Å². The molecule has 1 aromatic heterocycles. The smallest absolute Gasteiger partial charge is 0.328 e. The molecule has 2 atom stereocenters. The number of nitrogens with zero attached hydrogens (tertiary/aromatic N) is 2. The van der Waals surface area contributed by atoms with Crippen molar-refractivity contribution in [1.82, 2.24) is 14.5 Å². The largest absolute Gasteiger partial charge is 0.480 e. The zero-order valence-electron chi connectivity index (χ0n) is 16.4. The number of rotatable bonds is 11. The Balaban J connectivity index is 2.10. The average Bonchev–Trinajstić information content (AvgIpc) is 2.99. The van der Waals surface area contributed by atoms with E-state index in [0.29, 0.717) is 12.8 Å². The van der Waals surface area contributed by atoms with Crippen molar-refractivity contribution in [2.75, 3.05) is 6.54 Å². The maximum absolute atomic E-state index is 13.3. The molecule has 0 fully saturated rings. The predicted molar refractivity (Wildman–Crippen MR) is 104 cm³/mol. The van der Waals surface area contributed by atoms with Crippen LogP contribution in [-0.2, 0) is 22.6 Å². The van der Waals surface area contributed by atoms with Crippen LogP contribution in [0, 0.1) is 11.7 Å². The number of carboxylic acids is 2. The molecule has 0 amide bonds. The number of hydrogen-bond acceptors (Lipinski definition) is 4. The Kier molecular flexibility index (Phi) is 7.72. The van der Waals surface area contributed by atoms with Crippen molar-refractivity contribution in [3.05, 3.63) is 58.5 Å². The van der Waals surface area contributed by atoms with Crippen LogP contribution < -0.4 is 11.0 Å². The van der Waals surface area contributed by atoms with Crippen LogP contribution >= 0.6 is 0 Å². The molecule has 0 bridgehead atoms. The van der Waals surface area contributed by atoms with E-state index in [9.17, 15) is 29.0 Å². The lowest BCUT2D eigenvalue weighted by Gasteiger charge is -2.20. The molecule has 0 saturated heterocycles. The van der Waals surface area contributed by atoms with E-state index in [-0.39, 0.29) is 24.8 Å². The number of carboxylic acid groups (broad SMARTS) is 2. The Morgan fingerprint density at radius 2 is 1.90 bits per heavy atom. The number of nitrogens with one attached hydrogen (secondary N) is 1. The minimum absolute atomic E-state index is 0.110. The fraction of sp³-hybridized carbons (Fsp3) is 0.450. The van der Waals surface area contributed by atoms with Gasteiger partial charge in [-0.3, -0.25) is 13.9 Å². The second kappa shape index (κ2) is 10.0. The molecule has 158 valence electrons. The highest BCUT2D eigenvalue weighted by molar-refractivity contribution is 5.74. The quantitative estimate of drug-likeness (QED) is 0.523. The number of aryl methyl sites for hydroxylation is 2. The summed E-state index contributed by atoms with van der Waals surface area (Å²) in [5.41, 5.74) is 0.199. The van der Waals surface area contributed by atoms with Crippen molar-refractivity contribution < 1.29 is 24.2 Å². The maximum Gasteiger partial charge on any atom is 0.328 e. The molecule has 0 spiro atoms. The maximum atomic E-state index is 13.3. The Hall–Kier alpha value is -2.94. The molecule has 0 aliphatic carbocycles. The van der Waals surface area contributed by atoms with Crippen LogP contribution in [-0.4, -0.2) is 43.9 Å². The third-order valence-electron chi connectivity index (χ3n) is 4.59. The summed E-state index contributed by atoms with van der Waals surface area (Å²) in [7, 11) is 0. The Labute approximate surface area is 167 Å². The van der Waals surface area contributed by atoms with E-state index in [4.69, 9.17) is 0 Å². The van der Waals surface area contributed by atoms with Gasteiger partial charge in [0.05, 0.1) is 0 Å². The van der Waals surface area contributed by atoms with Crippen molar-refractivity contribution in [2.24, 2.45) is 5.92 Å². The first kappa shape index (κ1) is 22.4. The Morgan fingerprint density at radius 1 is 1.17 bits per heavy atom. The minimum atomic E-state index is -1.24. The number of aliphatic carboxylic acids is 2. The molecule has 8 nitrogen and oxygen atoms in total. The number of imidazole rings is 1. The average molecular weight is 407 g/mol. The van der Waals surface area contributed by atoms with Gasteiger partial charge in [-0.1, -0.05) is 26.0 Å². The second-order valence-corrected chi connectivity index (χ2v) is 7.34. The summed E-state index contributed by atoms with van der Waals surface area (Å²) >= 11 is 0. The zero-order chi connectivity index (χ0) is 21.6. The van der Waals surface area contributed by atoms with E-state index in [1.165, 1.54) is 29.1 Å². The highest BCUT2D eigenvalue weighted by Crippen LogP contribution is 2.09. The lowest BCUT2D eigenvalue weighted by molar-refractivity contribution is -0.143. The van der Waals surface area contributed by atoms with Crippen LogP contribution in [0.2, 0.25) is 0 Å². The van der Waals surface area contributed by atoms with Gasteiger partial charge in [0.1, 0.15) is 17.9 Å². The molecule has 3 N–H and O–H groups in total. The molecule has 9 heteroatoms. The summed E-state index contributed by atoms with van der Waals surface area (Å²) in [6.45, 7) is 3.80. The molecule has 2 aromatic rings. The normalized spacial score (nSPS) is 13.4. The number of halogens is 1. The monoisotopic (exact) mass is 407 g/mol. The molecule has 2 unspecified atom stereocenters. The predicted octanol–water partition coefficient (Wildman–Crippen LogP) is 1.75. The fourth-order valence-corrected chi connectivity index (χ4v) is 3.08. The molecule has 0 aliphatic heterocycles. The highest BCUT2D eigenvalue weighted by atomic mass is 19.1. The molecule has 0 radical (unpaired) electrons. The Bertz CT molecular complexity index is 906.